The highest BCUT2D eigenvalue weighted by atomic mass is 15.0. The van der Waals surface area contributed by atoms with Crippen LogP contribution in [0.15, 0.2) is 188 Å². The van der Waals surface area contributed by atoms with E-state index in [-0.39, 0.29) is 5.41 Å². The Morgan fingerprint density at radius 1 is 0.298 bits per heavy atom. The van der Waals surface area contributed by atoms with E-state index >= 15 is 0 Å². The first kappa shape index (κ1) is 33.1. The molecule has 0 N–H and O–H groups in total. The van der Waals surface area contributed by atoms with Crippen molar-refractivity contribution in [2.24, 2.45) is 0 Å². The van der Waals surface area contributed by atoms with Crippen molar-refractivity contribution in [3.63, 3.8) is 0 Å². The summed E-state index contributed by atoms with van der Waals surface area (Å²) in [4.78, 5) is 15.0. The topological polar surface area (TPSA) is 38.7 Å². The van der Waals surface area contributed by atoms with Crippen molar-refractivity contribution in [2.45, 2.75) is 19.3 Å². The molecular weight excluding hydrogens is 691 g/mol. The molecule has 11 rings (SSSR count). The zero-order valence-corrected chi connectivity index (χ0v) is 31.7. The van der Waals surface area contributed by atoms with Crippen LogP contribution in [0, 0.1) is 0 Å². The average molecular weight is 728 g/mol. The van der Waals surface area contributed by atoms with Crippen LogP contribution in [-0.2, 0) is 5.41 Å². The number of hydrogen-bond acceptors (Lipinski definition) is 3. The largest absolute Gasteiger partial charge is 0.208 e. The molecule has 10 aromatic rings. The molecule has 0 saturated heterocycles. The molecule has 0 fully saturated rings. The minimum atomic E-state index is -0.0193. The van der Waals surface area contributed by atoms with E-state index in [0.29, 0.717) is 17.5 Å². The van der Waals surface area contributed by atoms with Gasteiger partial charge in [0.15, 0.2) is 17.5 Å². The standard InChI is InChI=1S/C54H37N3/c1-54(2)48-26-12-11-23-43(48)47-33-37(28-30-49(47)54)36-27-29-45-46(32-36)42-22-10-9-21-41(42)44-25-14-24-40(50(44)45)38-19-13-20-39(31-38)53-56-51(34-15-5-3-6-16-34)55-52(57-53)35-17-7-4-8-18-35/h3-33H,1-2H3. The maximum atomic E-state index is 5.05. The fraction of sp³-hybridized carbons (Fsp3) is 0.0556. The Bertz CT molecular complexity index is 3140. The van der Waals surface area contributed by atoms with Gasteiger partial charge in [-0.2, -0.15) is 0 Å². The van der Waals surface area contributed by atoms with E-state index in [9.17, 15) is 0 Å². The Hall–Kier alpha value is -7.23. The summed E-state index contributed by atoms with van der Waals surface area (Å²) in [5, 5.41) is 7.47. The first-order chi connectivity index (χ1) is 28.0. The fourth-order valence-electron chi connectivity index (χ4n) is 9.09. The molecule has 0 unspecified atom stereocenters. The third-order valence-electron chi connectivity index (χ3n) is 11.9. The molecule has 0 radical (unpaired) electrons. The second-order valence-electron chi connectivity index (χ2n) is 15.6. The average Bonchev–Trinajstić information content (AvgIpc) is 3.51. The molecule has 0 spiro atoms. The molecular formula is C54H37N3. The number of fused-ring (bicyclic) bond motifs is 9. The minimum absolute atomic E-state index is 0.0193. The van der Waals surface area contributed by atoms with E-state index in [1.165, 1.54) is 71.3 Å². The van der Waals surface area contributed by atoms with Crippen LogP contribution in [0.4, 0.5) is 0 Å². The van der Waals surface area contributed by atoms with Gasteiger partial charge in [0.25, 0.3) is 0 Å². The monoisotopic (exact) mass is 727 g/mol. The lowest BCUT2D eigenvalue weighted by molar-refractivity contribution is 0.660. The number of rotatable bonds is 5. The van der Waals surface area contributed by atoms with Crippen LogP contribution in [0.5, 0.6) is 0 Å². The van der Waals surface area contributed by atoms with Crippen LogP contribution >= 0.6 is 0 Å². The molecule has 57 heavy (non-hydrogen) atoms. The molecule has 3 nitrogen and oxygen atoms in total. The third-order valence-corrected chi connectivity index (χ3v) is 11.9. The second kappa shape index (κ2) is 12.9. The summed E-state index contributed by atoms with van der Waals surface area (Å²) >= 11 is 0. The molecule has 0 atom stereocenters. The first-order valence-electron chi connectivity index (χ1n) is 19.6. The van der Waals surface area contributed by atoms with Gasteiger partial charge in [-0.25, -0.2) is 15.0 Å². The molecule has 1 aliphatic carbocycles. The highest BCUT2D eigenvalue weighted by molar-refractivity contribution is 6.28. The van der Waals surface area contributed by atoms with Crippen LogP contribution in [0.1, 0.15) is 25.0 Å². The molecule has 1 aliphatic rings. The van der Waals surface area contributed by atoms with Crippen molar-refractivity contribution in [1.82, 2.24) is 15.0 Å². The van der Waals surface area contributed by atoms with Gasteiger partial charge in [-0.1, -0.05) is 184 Å². The lowest BCUT2D eigenvalue weighted by atomic mass is 9.82. The zero-order chi connectivity index (χ0) is 38.1. The van der Waals surface area contributed by atoms with Crippen LogP contribution in [0.3, 0.4) is 0 Å². The number of benzene rings is 9. The molecule has 0 aliphatic heterocycles. The van der Waals surface area contributed by atoms with E-state index in [4.69, 9.17) is 15.0 Å². The predicted octanol–water partition coefficient (Wildman–Crippen LogP) is 14.0. The maximum Gasteiger partial charge on any atom is 0.164 e. The quantitative estimate of drug-likeness (QED) is 0.166. The Kier molecular flexibility index (Phi) is 7.52. The van der Waals surface area contributed by atoms with E-state index in [1.807, 2.05) is 60.7 Å². The lowest BCUT2D eigenvalue weighted by Gasteiger charge is -2.21. The number of nitrogens with zero attached hydrogens (tertiary/aromatic N) is 3. The van der Waals surface area contributed by atoms with Crippen LogP contribution in [0.25, 0.3) is 99.9 Å². The fourth-order valence-corrected chi connectivity index (χ4v) is 9.09. The Balaban J connectivity index is 1.08. The molecule has 0 bridgehead atoms. The van der Waals surface area contributed by atoms with Crippen molar-refractivity contribution in [3.05, 3.63) is 199 Å². The van der Waals surface area contributed by atoms with Gasteiger partial charge in [0, 0.05) is 22.1 Å². The van der Waals surface area contributed by atoms with Crippen molar-refractivity contribution in [1.29, 1.82) is 0 Å². The SMILES string of the molecule is CC1(C)c2ccccc2-c2cc(-c3ccc4c(c3)c3ccccc3c3cccc(-c5cccc(-c6nc(-c7ccccc7)nc(-c7ccccc7)n6)c5)c34)ccc21. The van der Waals surface area contributed by atoms with Crippen molar-refractivity contribution >= 4 is 32.3 Å². The highest BCUT2D eigenvalue weighted by Gasteiger charge is 2.35. The lowest BCUT2D eigenvalue weighted by Crippen LogP contribution is -2.14. The van der Waals surface area contributed by atoms with Gasteiger partial charge in [0.2, 0.25) is 0 Å². The smallest absolute Gasteiger partial charge is 0.164 e. The van der Waals surface area contributed by atoms with Crippen LogP contribution < -0.4 is 0 Å². The molecule has 3 heteroatoms. The Morgan fingerprint density at radius 3 is 1.53 bits per heavy atom. The Morgan fingerprint density at radius 2 is 0.789 bits per heavy atom. The third kappa shape index (κ3) is 5.38. The summed E-state index contributed by atoms with van der Waals surface area (Å²) in [7, 11) is 0. The van der Waals surface area contributed by atoms with Gasteiger partial charge in [0.05, 0.1) is 0 Å². The van der Waals surface area contributed by atoms with Crippen LogP contribution in [-0.4, -0.2) is 15.0 Å². The normalized spacial score (nSPS) is 12.9. The summed E-state index contributed by atoms with van der Waals surface area (Å²) in [6, 6.07) is 67.4. The van der Waals surface area contributed by atoms with Gasteiger partial charge in [-0.05, 0) is 95.0 Å². The number of hydrogen-bond donors (Lipinski definition) is 0. The summed E-state index contributed by atoms with van der Waals surface area (Å²) in [5.41, 5.74) is 13.0. The summed E-state index contributed by atoms with van der Waals surface area (Å²) in [6.07, 6.45) is 0. The molecule has 0 amide bonds. The molecule has 1 aromatic heterocycles. The van der Waals surface area contributed by atoms with E-state index in [0.717, 1.165) is 22.3 Å². The second-order valence-corrected chi connectivity index (χ2v) is 15.6. The number of aromatic nitrogens is 3. The molecule has 268 valence electrons. The molecule has 9 aromatic carbocycles. The van der Waals surface area contributed by atoms with Gasteiger partial charge >= 0.3 is 0 Å². The predicted molar refractivity (Wildman–Crippen MR) is 237 cm³/mol. The Labute approximate surface area is 332 Å². The summed E-state index contributed by atoms with van der Waals surface area (Å²) in [5.74, 6) is 1.95. The molecule has 0 saturated carbocycles. The van der Waals surface area contributed by atoms with E-state index in [1.54, 1.807) is 0 Å². The maximum absolute atomic E-state index is 5.05. The zero-order valence-electron chi connectivity index (χ0n) is 31.7. The van der Waals surface area contributed by atoms with Gasteiger partial charge in [-0.15, -0.1) is 0 Å². The van der Waals surface area contributed by atoms with Gasteiger partial charge in [0.1, 0.15) is 0 Å². The van der Waals surface area contributed by atoms with Crippen LogP contribution in [0.2, 0.25) is 0 Å². The minimum Gasteiger partial charge on any atom is -0.208 e. The molecule has 1 heterocycles. The van der Waals surface area contributed by atoms with E-state index < -0.39 is 0 Å². The summed E-state index contributed by atoms with van der Waals surface area (Å²) in [6.45, 7) is 4.68. The van der Waals surface area contributed by atoms with Crippen molar-refractivity contribution < 1.29 is 0 Å². The van der Waals surface area contributed by atoms with Gasteiger partial charge < -0.3 is 0 Å². The van der Waals surface area contributed by atoms with Gasteiger partial charge in [-0.3, -0.25) is 0 Å². The highest BCUT2D eigenvalue weighted by Crippen LogP contribution is 2.50. The first-order valence-corrected chi connectivity index (χ1v) is 19.6. The summed E-state index contributed by atoms with van der Waals surface area (Å²) < 4.78 is 0. The van der Waals surface area contributed by atoms with Crippen molar-refractivity contribution in [3.8, 4) is 67.5 Å². The van der Waals surface area contributed by atoms with E-state index in [2.05, 4.69) is 141 Å². The van der Waals surface area contributed by atoms with Crippen molar-refractivity contribution in [2.75, 3.05) is 0 Å².